The van der Waals surface area contributed by atoms with Gasteiger partial charge in [-0.2, -0.15) is 0 Å². The van der Waals surface area contributed by atoms with E-state index in [1.807, 2.05) is 6.07 Å². The van der Waals surface area contributed by atoms with Crippen molar-refractivity contribution in [2.24, 2.45) is 0 Å². The SMILES string of the molecule is O=C(O)c1ccc(-c2cccc(Cl)c2Cl)s1. The number of thiophene rings is 1. The topological polar surface area (TPSA) is 37.3 Å². The molecule has 5 heteroatoms. The summed E-state index contributed by atoms with van der Waals surface area (Å²) in [6.45, 7) is 0. The molecular formula is C11H6Cl2O2S. The molecule has 1 N–H and O–H groups in total. The van der Waals surface area contributed by atoms with Gasteiger partial charge in [-0.05, 0) is 18.2 Å². The van der Waals surface area contributed by atoms with E-state index >= 15 is 0 Å². The molecule has 1 heterocycles. The van der Waals surface area contributed by atoms with Crippen LogP contribution >= 0.6 is 34.5 Å². The molecule has 1 aromatic heterocycles. The molecule has 0 atom stereocenters. The van der Waals surface area contributed by atoms with Crippen molar-refractivity contribution < 1.29 is 9.90 Å². The molecule has 2 nitrogen and oxygen atoms in total. The Morgan fingerprint density at radius 1 is 1.19 bits per heavy atom. The third-order valence-corrected chi connectivity index (χ3v) is 3.96. The fraction of sp³-hybridized carbons (Fsp3) is 0. The van der Waals surface area contributed by atoms with Gasteiger partial charge in [0.2, 0.25) is 0 Å². The highest BCUT2D eigenvalue weighted by Gasteiger charge is 2.11. The number of hydrogen-bond acceptors (Lipinski definition) is 2. The number of carboxylic acids is 1. The number of rotatable bonds is 2. The van der Waals surface area contributed by atoms with Gasteiger partial charge in [0.05, 0.1) is 10.0 Å². The van der Waals surface area contributed by atoms with E-state index < -0.39 is 5.97 Å². The van der Waals surface area contributed by atoms with Crippen LogP contribution < -0.4 is 0 Å². The summed E-state index contributed by atoms with van der Waals surface area (Å²) in [7, 11) is 0. The van der Waals surface area contributed by atoms with Crippen molar-refractivity contribution in [1.82, 2.24) is 0 Å². The van der Waals surface area contributed by atoms with Crippen molar-refractivity contribution in [3.05, 3.63) is 45.3 Å². The van der Waals surface area contributed by atoms with E-state index in [1.54, 1.807) is 24.3 Å². The second-order valence-corrected chi connectivity index (χ2v) is 4.94. The predicted octanol–water partition coefficient (Wildman–Crippen LogP) is 4.42. The molecular weight excluding hydrogens is 267 g/mol. The molecule has 0 fully saturated rings. The third-order valence-electron chi connectivity index (χ3n) is 2.03. The third kappa shape index (κ3) is 2.07. The molecule has 16 heavy (non-hydrogen) atoms. The normalized spacial score (nSPS) is 10.4. The Morgan fingerprint density at radius 2 is 1.94 bits per heavy atom. The van der Waals surface area contributed by atoms with E-state index in [1.165, 1.54) is 11.3 Å². The minimum atomic E-state index is -0.936. The van der Waals surface area contributed by atoms with Crippen LogP contribution in [0.3, 0.4) is 0 Å². The zero-order chi connectivity index (χ0) is 11.7. The first-order valence-electron chi connectivity index (χ1n) is 4.37. The maximum atomic E-state index is 10.7. The molecule has 0 saturated carbocycles. The zero-order valence-electron chi connectivity index (χ0n) is 7.91. The lowest BCUT2D eigenvalue weighted by molar-refractivity contribution is 0.0702. The predicted molar refractivity (Wildman–Crippen MR) is 66.7 cm³/mol. The summed E-state index contributed by atoms with van der Waals surface area (Å²) in [5, 5.41) is 9.73. The van der Waals surface area contributed by atoms with Crippen LogP contribution in [0.5, 0.6) is 0 Å². The largest absolute Gasteiger partial charge is 0.477 e. The van der Waals surface area contributed by atoms with Gasteiger partial charge in [0, 0.05) is 10.4 Å². The number of hydrogen-bond donors (Lipinski definition) is 1. The van der Waals surface area contributed by atoms with Crippen molar-refractivity contribution in [3.63, 3.8) is 0 Å². The van der Waals surface area contributed by atoms with Crippen molar-refractivity contribution >= 4 is 40.5 Å². The summed E-state index contributed by atoms with van der Waals surface area (Å²) in [4.78, 5) is 11.8. The van der Waals surface area contributed by atoms with Crippen LogP contribution in [0.25, 0.3) is 10.4 Å². The van der Waals surface area contributed by atoms with E-state index in [0.717, 1.165) is 10.4 Å². The molecule has 0 bridgehead atoms. The van der Waals surface area contributed by atoms with Gasteiger partial charge < -0.3 is 5.11 Å². The standard InChI is InChI=1S/C11H6Cl2O2S/c12-7-3-1-2-6(10(7)13)8-4-5-9(16-8)11(14)15/h1-5H,(H,14,15). The summed E-state index contributed by atoms with van der Waals surface area (Å²) in [6, 6.07) is 8.57. The number of benzene rings is 1. The first-order chi connectivity index (χ1) is 7.59. The van der Waals surface area contributed by atoms with Gasteiger partial charge in [-0.3, -0.25) is 0 Å². The van der Waals surface area contributed by atoms with Gasteiger partial charge >= 0.3 is 5.97 Å². The quantitative estimate of drug-likeness (QED) is 0.879. The van der Waals surface area contributed by atoms with Crippen molar-refractivity contribution in [2.45, 2.75) is 0 Å². The highest BCUT2D eigenvalue weighted by atomic mass is 35.5. The summed E-state index contributed by atoms with van der Waals surface area (Å²) >= 11 is 13.1. The molecule has 0 saturated heterocycles. The van der Waals surface area contributed by atoms with Crippen LogP contribution in [0.2, 0.25) is 10.0 Å². The van der Waals surface area contributed by atoms with Gasteiger partial charge in [0.1, 0.15) is 4.88 Å². The molecule has 0 aliphatic heterocycles. The highest BCUT2D eigenvalue weighted by Crippen LogP contribution is 2.36. The van der Waals surface area contributed by atoms with Gasteiger partial charge in [-0.1, -0.05) is 35.3 Å². The fourth-order valence-corrected chi connectivity index (χ4v) is 2.63. The average molecular weight is 273 g/mol. The van der Waals surface area contributed by atoms with Gasteiger partial charge in [0.25, 0.3) is 0 Å². The molecule has 0 unspecified atom stereocenters. The molecule has 82 valence electrons. The second-order valence-electron chi connectivity index (χ2n) is 3.07. The van der Waals surface area contributed by atoms with Gasteiger partial charge in [-0.25, -0.2) is 4.79 Å². The number of carboxylic acid groups (broad SMARTS) is 1. The summed E-state index contributed by atoms with van der Waals surface area (Å²) < 4.78 is 0. The van der Waals surface area contributed by atoms with Crippen LogP contribution in [0.4, 0.5) is 0 Å². The molecule has 0 aliphatic carbocycles. The molecule has 2 aromatic rings. The highest BCUT2D eigenvalue weighted by molar-refractivity contribution is 7.17. The maximum absolute atomic E-state index is 10.7. The molecule has 0 radical (unpaired) electrons. The fourth-order valence-electron chi connectivity index (χ4n) is 1.29. The molecule has 0 amide bonds. The Balaban J connectivity index is 2.50. The van der Waals surface area contributed by atoms with Gasteiger partial charge in [-0.15, -0.1) is 11.3 Å². The van der Waals surface area contributed by atoms with Crippen LogP contribution in [0.15, 0.2) is 30.3 Å². The number of carbonyl (C=O) groups is 1. The van der Waals surface area contributed by atoms with E-state index in [-0.39, 0.29) is 4.88 Å². The lowest BCUT2D eigenvalue weighted by Gasteiger charge is -2.02. The molecule has 0 spiro atoms. The minimum Gasteiger partial charge on any atom is -0.477 e. The van der Waals surface area contributed by atoms with Crippen molar-refractivity contribution in [3.8, 4) is 10.4 Å². The lowest BCUT2D eigenvalue weighted by atomic mass is 10.2. The minimum absolute atomic E-state index is 0.283. The van der Waals surface area contributed by atoms with Gasteiger partial charge in [0.15, 0.2) is 0 Å². The summed E-state index contributed by atoms with van der Waals surface area (Å²) in [5.74, 6) is -0.936. The Kier molecular flexibility index (Phi) is 3.19. The Bertz CT molecular complexity index is 549. The van der Waals surface area contributed by atoms with Crippen molar-refractivity contribution in [1.29, 1.82) is 0 Å². The van der Waals surface area contributed by atoms with Crippen LogP contribution in [-0.2, 0) is 0 Å². The Morgan fingerprint density at radius 3 is 2.56 bits per heavy atom. The lowest BCUT2D eigenvalue weighted by Crippen LogP contribution is -1.89. The zero-order valence-corrected chi connectivity index (χ0v) is 10.2. The maximum Gasteiger partial charge on any atom is 0.345 e. The van der Waals surface area contributed by atoms with E-state index in [4.69, 9.17) is 28.3 Å². The van der Waals surface area contributed by atoms with E-state index in [0.29, 0.717) is 10.0 Å². The van der Waals surface area contributed by atoms with Crippen LogP contribution in [-0.4, -0.2) is 11.1 Å². The first kappa shape index (κ1) is 11.5. The van der Waals surface area contributed by atoms with E-state index in [2.05, 4.69) is 0 Å². The Labute approximate surface area is 106 Å². The number of aromatic carboxylic acids is 1. The summed E-state index contributed by atoms with van der Waals surface area (Å²) in [5.41, 5.74) is 0.756. The monoisotopic (exact) mass is 272 g/mol. The number of halogens is 2. The van der Waals surface area contributed by atoms with Crippen LogP contribution in [0.1, 0.15) is 9.67 Å². The summed E-state index contributed by atoms with van der Waals surface area (Å²) in [6.07, 6.45) is 0. The van der Waals surface area contributed by atoms with Crippen molar-refractivity contribution in [2.75, 3.05) is 0 Å². The average Bonchev–Trinajstić information content (AvgIpc) is 2.71. The molecule has 0 aliphatic rings. The second kappa shape index (κ2) is 4.45. The molecule has 2 rings (SSSR count). The smallest absolute Gasteiger partial charge is 0.345 e. The Hall–Kier alpha value is -1.03. The first-order valence-corrected chi connectivity index (χ1v) is 5.94. The van der Waals surface area contributed by atoms with Crippen LogP contribution in [0, 0.1) is 0 Å². The molecule has 1 aromatic carbocycles. The van der Waals surface area contributed by atoms with E-state index in [9.17, 15) is 4.79 Å².